The van der Waals surface area contributed by atoms with Crippen LogP contribution >= 0.6 is 0 Å². The van der Waals surface area contributed by atoms with E-state index in [0.29, 0.717) is 6.42 Å². The quantitative estimate of drug-likeness (QED) is 0.814. The van der Waals surface area contributed by atoms with Gasteiger partial charge in [-0.1, -0.05) is 6.07 Å². The molecule has 0 saturated heterocycles. The van der Waals surface area contributed by atoms with Crippen molar-refractivity contribution in [3.05, 3.63) is 47.8 Å². The molecule has 2 atom stereocenters. The van der Waals surface area contributed by atoms with Crippen LogP contribution in [0, 0.1) is 0 Å². The molecule has 0 saturated carbocycles. The molecule has 0 spiro atoms. The van der Waals surface area contributed by atoms with Gasteiger partial charge in [0, 0.05) is 48.5 Å². The van der Waals surface area contributed by atoms with E-state index in [0.717, 1.165) is 28.8 Å². The largest absolute Gasteiger partial charge is 0.598 e. The van der Waals surface area contributed by atoms with Crippen LogP contribution < -0.4 is 9.62 Å². The predicted octanol–water partition coefficient (Wildman–Crippen LogP) is 3.77. The number of anilines is 1. The molecular formula is C21H27N3O2S. The number of rotatable bonds is 4. The van der Waals surface area contributed by atoms with Gasteiger partial charge in [0.2, 0.25) is 5.91 Å². The molecule has 1 aromatic heterocycles. The van der Waals surface area contributed by atoms with Gasteiger partial charge in [-0.2, -0.15) is 0 Å². The minimum atomic E-state index is -1.14. The van der Waals surface area contributed by atoms with E-state index in [4.69, 9.17) is 0 Å². The number of hydrogen-bond donors (Lipinski definition) is 1. The fourth-order valence-electron chi connectivity index (χ4n) is 3.09. The third kappa shape index (κ3) is 4.34. The van der Waals surface area contributed by atoms with Crippen LogP contribution in [0.4, 0.5) is 5.69 Å². The first-order valence-electron chi connectivity index (χ1n) is 9.19. The lowest BCUT2D eigenvalue weighted by Crippen LogP contribution is -2.40. The molecule has 2 unspecified atom stereocenters. The number of nitrogens with zero attached hydrogens (tertiary/aromatic N) is 2. The number of amides is 1. The van der Waals surface area contributed by atoms with E-state index in [1.165, 1.54) is 5.56 Å². The zero-order valence-corrected chi connectivity index (χ0v) is 17.4. The van der Waals surface area contributed by atoms with Crippen molar-refractivity contribution in [1.82, 2.24) is 9.71 Å². The Hall–Kier alpha value is -1.89. The molecule has 2 aromatic rings. The molecule has 1 aliphatic heterocycles. The van der Waals surface area contributed by atoms with Gasteiger partial charge in [0.25, 0.3) is 0 Å². The maximum Gasteiger partial charge on any atom is 0.227 e. The van der Waals surface area contributed by atoms with Gasteiger partial charge in [-0.05, 0) is 69.0 Å². The van der Waals surface area contributed by atoms with E-state index in [-0.39, 0.29) is 16.7 Å². The first-order chi connectivity index (χ1) is 12.7. The van der Waals surface area contributed by atoms with Crippen molar-refractivity contribution in [1.29, 1.82) is 0 Å². The van der Waals surface area contributed by atoms with E-state index >= 15 is 0 Å². The van der Waals surface area contributed by atoms with E-state index in [1.54, 1.807) is 4.90 Å². The third-order valence-electron chi connectivity index (χ3n) is 4.86. The fraction of sp³-hybridized carbons (Fsp3) is 0.429. The van der Waals surface area contributed by atoms with Gasteiger partial charge in [-0.25, -0.2) is 0 Å². The highest BCUT2D eigenvalue weighted by Gasteiger charge is 2.28. The van der Waals surface area contributed by atoms with E-state index in [9.17, 15) is 9.35 Å². The van der Waals surface area contributed by atoms with Gasteiger partial charge in [0.15, 0.2) is 0 Å². The Balaban J connectivity index is 1.85. The lowest BCUT2D eigenvalue weighted by molar-refractivity contribution is -0.118. The number of hydrogen-bond acceptors (Lipinski definition) is 4. The Morgan fingerprint density at radius 1 is 1.19 bits per heavy atom. The van der Waals surface area contributed by atoms with Gasteiger partial charge in [-0.3, -0.25) is 9.78 Å². The normalized spacial score (nSPS) is 16.8. The number of aryl methyl sites for hydroxylation is 1. The average molecular weight is 386 g/mol. The molecule has 0 radical (unpaired) electrons. The molecule has 1 N–H and O–H groups in total. The molecular weight excluding hydrogens is 358 g/mol. The van der Waals surface area contributed by atoms with Crippen molar-refractivity contribution in [2.24, 2.45) is 0 Å². The monoisotopic (exact) mass is 385 g/mol. The number of carbonyl (C=O) groups excluding carboxylic acids is 1. The molecule has 1 aliphatic rings. The SMILES string of the molecule is CC(N[S+]([O-])C(C)(C)C)c1cncc(-c2ccc3c(c2)CCC(=O)N3C)c1. The van der Waals surface area contributed by atoms with Crippen LogP contribution in [0.15, 0.2) is 36.7 Å². The maximum atomic E-state index is 12.4. The van der Waals surface area contributed by atoms with Gasteiger partial charge in [0.05, 0.1) is 6.04 Å². The van der Waals surface area contributed by atoms with Crippen molar-refractivity contribution in [3.63, 3.8) is 0 Å². The second kappa shape index (κ2) is 7.62. The van der Waals surface area contributed by atoms with Crippen LogP contribution in [0.1, 0.15) is 51.3 Å². The summed E-state index contributed by atoms with van der Waals surface area (Å²) in [6.45, 7) is 7.85. The first-order valence-corrected chi connectivity index (χ1v) is 10.3. The van der Waals surface area contributed by atoms with Crippen LogP contribution in [0.5, 0.6) is 0 Å². The summed E-state index contributed by atoms with van der Waals surface area (Å²) >= 11 is -1.14. The summed E-state index contributed by atoms with van der Waals surface area (Å²) < 4.78 is 15.2. The van der Waals surface area contributed by atoms with Crippen molar-refractivity contribution < 1.29 is 9.35 Å². The van der Waals surface area contributed by atoms with Crippen LogP contribution in [0.2, 0.25) is 0 Å². The molecule has 3 rings (SSSR count). The summed E-state index contributed by atoms with van der Waals surface area (Å²) in [5.74, 6) is 0.158. The predicted molar refractivity (Wildman–Crippen MR) is 111 cm³/mol. The highest BCUT2D eigenvalue weighted by molar-refractivity contribution is 7.90. The smallest absolute Gasteiger partial charge is 0.227 e. The van der Waals surface area contributed by atoms with Crippen LogP contribution in [-0.2, 0) is 22.6 Å². The molecule has 0 aliphatic carbocycles. The molecule has 6 heteroatoms. The number of pyridine rings is 1. The van der Waals surface area contributed by atoms with Crippen LogP contribution in [0.3, 0.4) is 0 Å². The number of aromatic nitrogens is 1. The van der Waals surface area contributed by atoms with Gasteiger partial charge in [0.1, 0.15) is 4.75 Å². The Morgan fingerprint density at radius 3 is 2.63 bits per heavy atom. The summed E-state index contributed by atoms with van der Waals surface area (Å²) in [5, 5.41) is 0. The summed E-state index contributed by atoms with van der Waals surface area (Å²) in [4.78, 5) is 18.0. The number of carbonyl (C=O) groups is 1. The summed E-state index contributed by atoms with van der Waals surface area (Å²) in [6, 6.07) is 8.19. The molecule has 0 bridgehead atoms. The molecule has 2 heterocycles. The van der Waals surface area contributed by atoms with E-state index < -0.39 is 11.4 Å². The molecule has 144 valence electrons. The number of fused-ring (bicyclic) bond motifs is 1. The summed E-state index contributed by atoms with van der Waals surface area (Å²) in [7, 11) is 1.82. The Labute approximate surface area is 164 Å². The van der Waals surface area contributed by atoms with E-state index in [2.05, 4.69) is 21.8 Å². The van der Waals surface area contributed by atoms with Gasteiger partial charge >= 0.3 is 0 Å². The lowest BCUT2D eigenvalue weighted by Gasteiger charge is -2.27. The molecule has 27 heavy (non-hydrogen) atoms. The fourth-order valence-corrected chi connectivity index (χ4v) is 3.90. The zero-order valence-electron chi connectivity index (χ0n) is 16.6. The van der Waals surface area contributed by atoms with Crippen LogP contribution in [0.25, 0.3) is 11.1 Å². The van der Waals surface area contributed by atoms with Gasteiger partial charge in [-0.15, -0.1) is 4.72 Å². The Bertz CT molecular complexity index is 848. The zero-order chi connectivity index (χ0) is 19.8. The number of nitrogens with one attached hydrogen (secondary N) is 1. The van der Waals surface area contributed by atoms with Gasteiger partial charge < -0.3 is 9.45 Å². The third-order valence-corrected chi connectivity index (χ3v) is 6.54. The van der Waals surface area contributed by atoms with Crippen molar-refractivity contribution in [3.8, 4) is 11.1 Å². The van der Waals surface area contributed by atoms with Crippen molar-refractivity contribution in [2.45, 2.75) is 51.3 Å². The second-order valence-electron chi connectivity index (χ2n) is 8.02. The van der Waals surface area contributed by atoms with Crippen molar-refractivity contribution in [2.75, 3.05) is 11.9 Å². The minimum absolute atomic E-state index is 0.0705. The van der Waals surface area contributed by atoms with Crippen molar-refractivity contribution >= 4 is 23.0 Å². The molecule has 1 amide bonds. The second-order valence-corrected chi connectivity index (χ2v) is 10.0. The van der Waals surface area contributed by atoms with Crippen LogP contribution in [-0.4, -0.2) is 27.2 Å². The highest BCUT2D eigenvalue weighted by Crippen LogP contribution is 2.32. The standard InChI is InChI=1S/C21H27N3O2S/c1-14(23-27(26)21(2,3)4)17-11-18(13-22-12-17)15-6-8-19-16(10-15)7-9-20(25)24(19)5/h6,8,10-14,23H,7,9H2,1-5H3. The highest BCUT2D eigenvalue weighted by atomic mass is 32.2. The first kappa shape index (κ1) is 19.9. The maximum absolute atomic E-state index is 12.4. The molecule has 5 nitrogen and oxygen atoms in total. The van der Waals surface area contributed by atoms with E-state index in [1.807, 2.05) is 59.3 Å². The topological polar surface area (TPSA) is 68.3 Å². The Kier molecular flexibility index (Phi) is 5.60. The summed E-state index contributed by atoms with van der Waals surface area (Å²) in [6.07, 6.45) is 4.97. The lowest BCUT2D eigenvalue weighted by atomic mass is 9.96. The summed E-state index contributed by atoms with van der Waals surface area (Å²) in [5.41, 5.74) is 5.25. The number of benzene rings is 1. The minimum Gasteiger partial charge on any atom is -0.598 e. The molecule has 1 aromatic carbocycles. The molecule has 0 fully saturated rings. The average Bonchev–Trinajstić information content (AvgIpc) is 2.64. The Morgan fingerprint density at radius 2 is 1.93 bits per heavy atom.